The van der Waals surface area contributed by atoms with Crippen LogP contribution < -0.4 is 14.8 Å². The second kappa shape index (κ2) is 11.1. The summed E-state index contributed by atoms with van der Waals surface area (Å²) in [6, 6.07) is 8.94. The van der Waals surface area contributed by atoms with Gasteiger partial charge in [-0.3, -0.25) is 4.79 Å². The first-order valence-electron chi connectivity index (χ1n) is 11.7. The van der Waals surface area contributed by atoms with Gasteiger partial charge in [0.25, 0.3) is 0 Å². The van der Waals surface area contributed by atoms with Crippen LogP contribution in [0.5, 0.6) is 11.6 Å². The number of likely N-dealkylation sites (tertiary alicyclic amines) is 1. The number of nitrogens with one attached hydrogen (secondary N) is 1. The van der Waals surface area contributed by atoms with Crippen molar-refractivity contribution in [3.63, 3.8) is 0 Å². The van der Waals surface area contributed by atoms with Crippen LogP contribution in [0.15, 0.2) is 49.3 Å². The Hall–Kier alpha value is -3.47. The first kappa shape index (κ1) is 24.2. The predicted molar refractivity (Wildman–Crippen MR) is 134 cm³/mol. The lowest BCUT2D eigenvalue weighted by atomic mass is 10.3. The third-order valence-electron chi connectivity index (χ3n) is 5.84. The highest BCUT2D eigenvalue weighted by molar-refractivity contribution is 6.32. The van der Waals surface area contributed by atoms with Crippen LogP contribution in [0.2, 0.25) is 5.02 Å². The molecule has 1 unspecified atom stereocenters. The van der Waals surface area contributed by atoms with Crippen molar-refractivity contribution < 1.29 is 23.7 Å². The number of halogens is 1. The Morgan fingerprint density at radius 2 is 2.11 bits per heavy atom. The van der Waals surface area contributed by atoms with Crippen LogP contribution in [-0.2, 0) is 14.3 Å². The van der Waals surface area contributed by atoms with Crippen LogP contribution in [-0.4, -0.2) is 71.1 Å². The number of aromatic nitrogens is 3. The van der Waals surface area contributed by atoms with Gasteiger partial charge in [-0.2, -0.15) is 0 Å². The third kappa shape index (κ3) is 5.67. The fourth-order valence-corrected chi connectivity index (χ4v) is 4.26. The Labute approximate surface area is 213 Å². The molecule has 2 aliphatic rings. The number of benzene rings is 1. The van der Waals surface area contributed by atoms with Gasteiger partial charge in [0.1, 0.15) is 30.3 Å². The summed E-state index contributed by atoms with van der Waals surface area (Å²) >= 11 is 6.45. The van der Waals surface area contributed by atoms with Crippen molar-refractivity contribution in [2.24, 2.45) is 0 Å². The van der Waals surface area contributed by atoms with Gasteiger partial charge in [-0.25, -0.2) is 15.0 Å². The van der Waals surface area contributed by atoms with Gasteiger partial charge in [0.2, 0.25) is 11.8 Å². The number of ether oxygens (including phenoxy) is 4. The average molecular weight is 512 g/mol. The summed E-state index contributed by atoms with van der Waals surface area (Å²) in [4.78, 5) is 26.8. The molecule has 2 aliphatic heterocycles. The van der Waals surface area contributed by atoms with E-state index in [1.165, 1.54) is 12.4 Å². The number of rotatable bonds is 8. The highest BCUT2D eigenvalue weighted by atomic mass is 35.5. The minimum absolute atomic E-state index is 0.0989. The van der Waals surface area contributed by atoms with Crippen LogP contribution in [0.25, 0.3) is 11.0 Å². The zero-order valence-corrected chi connectivity index (χ0v) is 20.3. The Morgan fingerprint density at radius 1 is 1.25 bits per heavy atom. The van der Waals surface area contributed by atoms with Gasteiger partial charge in [0.05, 0.1) is 30.3 Å². The maximum Gasteiger partial charge on any atom is 0.246 e. The molecule has 10 nitrogen and oxygen atoms in total. The molecule has 2 saturated heterocycles. The highest BCUT2D eigenvalue weighted by Gasteiger charge is 2.26. The van der Waals surface area contributed by atoms with E-state index in [1.54, 1.807) is 23.1 Å². The lowest BCUT2D eigenvalue weighted by molar-refractivity contribution is -0.191. The van der Waals surface area contributed by atoms with Gasteiger partial charge in [-0.05, 0) is 36.8 Å². The molecule has 1 N–H and O–H groups in total. The minimum atomic E-state index is -0.391. The zero-order valence-electron chi connectivity index (χ0n) is 19.6. The Kier molecular flexibility index (Phi) is 7.45. The molecule has 0 spiro atoms. The number of nitrogens with zero attached hydrogens (tertiary/aromatic N) is 4. The van der Waals surface area contributed by atoms with Crippen LogP contribution in [0, 0.1) is 0 Å². The van der Waals surface area contributed by atoms with Gasteiger partial charge < -0.3 is 29.2 Å². The average Bonchev–Trinajstić information content (AvgIpc) is 3.37. The topological polar surface area (TPSA) is 108 Å². The largest absolute Gasteiger partial charge is 0.487 e. The molecule has 0 aliphatic carbocycles. The molecule has 0 bridgehead atoms. The van der Waals surface area contributed by atoms with Crippen LogP contribution in [0.3, 0.4) is 0 Å². The smallest absolute Gasteiger partial charge is 0.246 e. The molecule has 5 rings (SSSR count). The maximum absolute atomic E-state index is 11.8. The molecular formula is C25H26ClN5O5. The second-order valence-corrected chi connectivity index (χ2v) is 8.77. The van der Waals surface area contributed by atoms with Crippen molar-refractivity contribution in [1.29, 1.82) is 0 Å². The summed E-state index contributed by atoms with van der Waals surface area (Å²) in [5, 5.41) is 3.68. The number of hydrogen-bond donors (Lipinski definition) is 1. The molecule has 0 radical (unpaired) electrons. The van der Waals surface area contributed by atoms with Crippen molar-refractivity contribution in [2.75, 3.05) is 38.2 Å². The summed E-state index contributed by atoms with van der Waals surface area (Å²) in [5.74, 6) is 1.38. The third-order valence-corrected chi connectivity index (χ3v) is 6.14. The van der Waals surface area contributed by atoms with Crippen molar-refractivity contribution in [3.8, 4) is 11.6 Å². The van der Waals surface area contributed by atoms with Crippen molar-refractivity contribution in [1.82, 2.24) is 19.9 Å². The molecule has 1 amide bonds. The standard InChI is InChI=1S/C25H26ClN5O5/c1-2-22(32)31-9-8-17(13-31)36-21-7-5-19-24(30-21)25(28-15-27-19)29-16-4-6-20(18(26)12-16)35-14-23-33-10-3-11-34-23/h2,4-7,12,15,17,23H,1,3,8-11,13-14H2,(H,27,28,29). The maximum atomic E-state index is 11.8. The normalized spacial score (nSPS) is 18.2. The summed E-state index contributed by atoms with van der Waals surface area (Å²) in [6.07, 6.45) is 3.85. The monoisotopic (exact) mass is 511 g/mol. The quantitative estimate of drug-likeness (QED) is 0.452. The molecule has 11 heteroatoms. The number of fused-ring (bicyclic) bond motifs is 1. The molecule has 2 fully saturated rings. The number of carbonyl (C=O) groups is 1. The molecule has 0 saturated carbocycles. The van der Waals surface area contributed by atoms with Crippen LogP contribution >= 0.6 is 11.6 Å². The fraction of sp³-hybridized carbons (Fsp3) is 0.360. The van der Waals surface area contributed by atoms with Crippen LogP contribution in [0.1, 0.15) is 12.8 Å². The number of pyridine rings is 1. The number of hydrogen-bond acceptors (Lipinski definition) is 9. The number of carbonyl (C=O) groups excluding carboxylic acids is 1. The highest BCUT2D eigenvalue weighted by Crippen LogP contribution is 2.31. The Bertz CT molecular complexity index is 1250. The molecule has 1 atom stereocenters. The van der Waals surface area contributed by atoms with E-state index in [1.807, 2.05) is 12.1 Å². The van der Waals surface area contributed by atoms with Gasteiger partial charge in [-0.15, -0.1) is 0 Å². The zero-order chi connectivity index (χ0) is 24.9. The van der Waals surface area contributed by atoms with E-state index in [0.717, 1.165) is 12.8 Å². The Morgan fingerprint density at radius 3 is 2.92 bits per heavy atom. The summed E-state index contributed by atoms with van der Waals surface area (Å²) < 4.78 is 22.8. The van der Waals surface area contributed by atoms with E-state index < -0.39 is 6.29 Å². The molecule has 36 heavy (non-hydrogen) atoms. The first-order chi connectivity index (χ1) is 17.6. The fourth-order valence-electron chi connectivity index (χ4n) is 4.03. The molecule has 3 aromatic rings. The van der Waals surface area contributed by atoms with Crippen molar-refractivity contribution in [2.45, 2.75) is 25.2 Å². The predicted octanol–water partition coefficient (Wildman–Crippen LogP) is 3.73. The molecule has 2 aromatic heterocycles. The second-order valence-electron chi connectivity index (χ2n) is 8.36. The summed E-state index contributed by atoms with van der Waals surface area (Å²) in [7, 11) is 0. The van der Waals surface area contributed by atoms with E-state index in [-0.39, 0.29) is 18.6 Å². The number of amides is 1. The SMILES string of the molecule is C=CC(=O)N1CCC(Oc2ccc3ncnc(Nc4ccc(OCC5OCCCO5)c(Cl)c4)c3n2)C1. The van der Waals surface area contributed by atoms with Gasteiger partial charge >= 0.3 is 0 Å². The van der Waals surface area contributed by atoms with Crippen molar-refractivity contribution >= 4 is 40.0 Å². The van der Waals surface area contributed by atoms with E-state index in [9.17, 15) is 4.79 Å². The molecule has 1 aromatic carbocycles. The lowest BCUT2D eigenvalue weighted by Gasteiger charge is -2.23. The van der Waals surface area contributed by atoms with Crippen LogP contribution in [0.4, 0.5) is 11.5 Å². The number of anilines is 2. The first-order valence-corrected chi connectivity index (χ1v) is 12.1. The van der Waals surface area contributed by atoms with Gasteiger partial charge in [0, 0.05) is 24.7 Å². The van der Waals surface area contributed by atoms with Gasteiger partial charge in [0.15, 0.2) is 12.1 Å². The molecule has 4 heterocycles. The van der Waals surface area contributed by atoms with E-state index in [0.29, 0.717) is 65.5 Å². The minimum Gasteiger partial charge on any atom is -0.487 e. The van der Waals surface area contributed by atoms with Gasteiger partial charge in [-0.1, -0.05) is 18.2 Å². The summed E-state index contributed by atoms with van der Waals surface area (Å²) in [5.41, 5.74) is 1.92. The van der Waals surface area contributed by atoms with E-state index >= 15 is 0 Å². The van der Waals surface area contributed by atoms with Crippen molar-refractivity contribution in [3.05, 3.63) is 54.3 Å². The Balaban J connectivity index is 1.27. The molecule has 188 valence electrons. The lowest BCUT2D eigenvalue weighted by Crippen LogP contribution is -2.30. The molecular weight excluding hydrogens is 486 g/mol. The van der Waals surface area contributed by atoms with E-state index in [2.05, 4.69) is 26.8 Å². The van der Waals surface area contributed by atoms with E-state index in [4.69, 9.17) is 30.5 Å². The summed E-state index contributed by atoms with van der Waals surface area (Å²) in [6.45, 7) is 6.24.